The van der Waals surface area contributed by atoms with Gasteiger partial charge < -0.3 is 20.7 Å². The highest BCUT2D eigenvalue weighted by atomic mass is 16.6. The number of hydrogen-bond donors (Lipinski definition) is 2. The van der Waals surface area contributed by atoms with Crippen LogP contribution >= 0.6 is 0 Å². The van der Waals surface area contributed by atoms with Crippen molar-refractivity contribution in [2.75, 3.05) is 30.7 Å². The van der Waals surface area contributed by atoms with Gasteiger partial charge in [0.25, 0.3) is 0 Å². The van der Waals surface area contributed by atoms with E-state index in [0.717, 1.165) is 37.3 Å². The molecule has 0 saturated carbocycles. The monoisotopic (exact) mass is 305 g/mol. The molecule has 1 amide bonds. The molecule has 22 heavy (non-hydrogen) atoms. The third kappa shape index (κ3) is 4.55. The van der Waals surface area contributed by atoms with E-state index in [1.165, 1.54) is 5.56 Å². The van der Waals surface area contributed by atoms with Crippen LogP contribution in [0.25, 0.3) is 0 Å². The van der Waals surface area contributed by atoms with Crippen molar-refractivity contribution >= 4 is 17.5 Å². The van der Waals surface area contributed by atoms with Crippen LogP contribution in [-0.2, 0) is 4.74 Å². The molecule has 0 atom stereocenters. The Bertz CT molecular complexity index is 509. The Morgan fingerprint density at radius 3 is 2.73 bits per heavy atom. The van der Waals surface area contributed by atoms with Crippen molar-refractivity contribution in [3.8, 4) is 0 Å². The van der Waals surface area contributed by atoms with Crippen LogP contribution in [0.3, 0.4) is 0 Å². The van der Waals surface area contributed by atoms with Crippen molar-refractivity contribution in [3.63, 3.8) is 0 Å². The lowest BCUT2D eigenvalue weighted by atomic mass is 10.0. The number of benzene rings is 1. The second kappa shape index (κ2) is 7.38. The van der Waals surface area contributed by atoms with Gasteiger partial charge in [-0.05, 0) is 43.4 Å². The van der Waals surface area contributed by atoms with Gasteiger partial charge >= 0.3 is 6.09 Å². The predicted octanol–water partition coefficient (Wildman–Crippen LogP) is 3.25. The summed E-state index contributed by atoms with van der Waals surface area (Å²) in [5.74, 6) is 0.368. The summed E-state index contributed by atoms with van der Waals surface area (Å²) in [4.78, 5) is 13.7. The third-order valence-corrected chi connectivity index (χ3v) is 3.86. The molecule has 1 aliphatic rings. The standard InChI is InChI=1S/C17H27N3O2/c1-12(2)11-22-17(21)20-8-6-14(7-9-20)19-16-10-13(3)4-5-15(16)18/h4-5,10,12,14,19H,6-9,11,18H2,1-3H3. The quantitative estimate of drug-likeness (QED) is 0.838. The first kappa shape index (κ1) is 16.5. The molecule has 0 bridgehead atoms. The number of carbonyl (C=O) groups is 1. The summed E-state index contributed by atoms with van der Waals surface area (Å²) in [6.45, 7) is 8.06. The second-order valence-corrected chi connectivity index (χ2v) is 6.47. The number of ether oxygens (including phenoxy) is 1. The summed E-state index contributed by atoms with van der Waals surface area (Å²) in [5.41, 5.74) is 8.94. The van der Waals surface area contributed by atoms with Crippen LogP contribution in [0.5, 0.6) is 0 Å². The molecule has 0 aromatic heterocycles. The topological polar surface area (TPSA) is 67.6 Å². The number of hydrogen-bond acceptors (Lipinski definition) is 4. The second-order valence-electron chi connectivity index (χ2n) is 6.47. The SMILES string of the molecule is Cc1ccc(N)c(NC2CCN(C(=O)OCC(C)C)CC2)c1. The molecule has 1 saturated heterocycles. The minimum atomic E-state index is -0.192. The average Bonchev–Trinajstić information content (AvgIpc) is 2.49. The largest absolute Gasteiger partial charge is 0.449 e. The van der Waals surface area contributed by atoms with Gasteiger partial charge in [0.15, 0.2) is 0 Å². The first-order valence-corrected chi connectivity index (χ1v) is 8.00. The van der Waals surface area contributed by atoms with Gasteiger partial charge in [-0.3, -0.25) is 0 Å². The number of rotatable bonds is 4. The average molecular weight is 305 g/mol. The smallest absolute Gasteiger partial charge is 0.409 e. The number of piperidine rings is 1. The zero-order valence-electron chi connectivity index (χ0n) is 13.8. The molecule has 5 heteroatoms. The van der Waals surface area contributed by atoms with Gasteiger partial charge in [-0.25, -0.2) is 4.79 Å². The van der Waals surface area contributed by atoms with Gasteiger partial charge in [-0.15, -0.1) is 0 Å². The van der Waals surface area contributed by atoms with Crippen molar-refractivity contribution in [3.05, 3.63) is 23.8 Å². The number of nitrogens with one attached hydrogen (secondary N) is 1. The molecule has 1 fully saturated rings. The molecule has 5 nitrogen and oxygen atoms in total. The summed E-state index contributed by atoms with van der Waals surface area (Å²) in [6.07, 6.45) is 1.62. The van der Waals surface area contributed by atoms with Crippen LogP contribution in [0, 0.1) is 12.8 Å². The van der Waals surface area contributed by atoms with E-state index in [-0.39, 0.29) is 6.09 Å². The molecular weight excluding hydrogens is 278 g/mol. The molecule has 0 spiro atoms. The summed E-state index contributed by atoms with van der Waals surface area (Å²) >= 11 is 0. The number of aryl methyl sites for hydroxylation is 1. The van der Waals surface area contributed by atoms with Gasteiger partial charge in [-0.1, -0.05) is 19.9 Å². The summed E-state index contributed by atoms with van der Waals surface area (Å²) < 4.78 is 5.28. The maximum absolute atomic E-state index is 11.9. The molecule has 2 rings (SSSR count). The van der Waals surface area contributed by atoms with Crippen LogP contribution in [0.15, 0.2) is 18.2 Å². The van der Waals surface area contributed by atoms with Crippen LogP contribution in [0.4, 0.5) is 16.2 Å². The first-order chi connectivity index (χ1) is 10.5. The lowest BCUT2D eigenvalue weighted by Crippen LogP contribution is -2.43. The van der Waals surface area contributed by atoms with Crippen molar-refractivity contribution in [2.45, 2.75) is 39.7 Å². The fourth-order valence-corrected chi connectivity index (χ4v) is 2.55. The number of nitrogens with zero attached hydrogens (tertiary/aromatic N) is 1. The maximum atomic E-state index is 11.9. The summed E-state index contributed by atoms with van der Waals surface area (Å²) in [5, 5.41) is 3.50. The van der Waals surface area contributed by atoms with E-state index in [2.05, 4.69) is 18.3 Å². The third-order valence-electron chi connectivity index (χ3n) is 3.86. The fourth-order valence-electron chi connectivity index (χ4n) is 2.55. The van der Waals surface area contributed by atoms with E-state index in [4.69, 9.17) is 10.5 Å². The highest BCUT2D eigenvalue weighted by molar-refractivity contribution is 5.68. The van der Waals surface area contributed by atoms with Crippen molar-refractivity contribution in [1.29, 1.82) is 0 Å². The minimum absolute atomic E-state index is 0.192. The normalized spacial score (nSPS) is 15.9. The van der Waals surface area contributed by atoms with Crippen molar-refractivity contribution in [1.82, 2.24) is 4.90 Å². The van der Waals surface area contributed by atoms with Crippen LogP contribution in [0.2, 0.25) is 0 Å². The van der Waals surface area contributed by atoms with Gasteiger partial charge in [0.2, 0.25) is 0 Å². The van der Waals surface area contributed by atoms with Crippen molar-refractivity contribution < 1.29 is 9.53 Å². The predicted molar refractivity (Wildman–Crippen MR) is 90.0 cm³/mol. The number of likely N-dealkylation sites (tertiary alicyclic amines) is 1. The van der Waals surface area contributed by atoms with Crippen LogP contribution in [-0.4, -0.2) is 36.7 Å². The van der Waals surface area contributed by atoms with Gasteiger partial charge in [0, 0.05) is 19.1 Å². The Labute approximate surface area is 132 Å². The highest BCUT2D eigenvalue weighted by Gasteiger charge is 2.24. The van der Waals surface area contributed by atoms with E-state index in [1.807, 2.05) is 26.0 Å². The summed E-state index contributed by atoms with van der Waals surface area (Å²) in [6, 6.07) is 6.35. The lowest BCUT2D eigenvalue weighted by Gasteiger charge is -2.32. The zero-order valence-corrected chi connectivity index (χ0v) is 13.8. The number of anilines is 2. The number of nitrogens with two attached hydrogens (primary N) is 1. The highest BCUT2D eigenvalue weighted by Crippen LogP contribution is 2.23. The molecule has 1 heterocycles. The van der Waals surface area contributed by atoms with Crippen LogP contribution in [0.1, 0.15) is 32.3 Å². The van der Waals surface area contributed by atoms with Gasteiger partial charge in [-0.2, -0.15) is 0 Å². The molecule has 0 unspecified atom stereocenters. The lowest BCUT2D eigenvalue weighted by molar-refractivity contribution is 0.0845. The molecule has 1 aliphatic heterocycles. The first-order valence-electron chi connectivity index (χ1n) is 8.00. The Morgan fingerprint density at radius 2 is 2.09 bits per heavy atom. The van der Waals surface area contributed by atoms with Crippen LogP contribution < -0.4 is 11.1 Å². The molecular formula is C17H27N3O2. The number of nitrogen functional groups attached to an aromatic ring is 1. The van der Waals surface area contributed by atoms with E-state index >= 15 is 0 Å². The summed E-state index contributed by atoms with van der Waals surface area (Å²) in [7, 11) is 0. The minimum Gasteiger partial charge on any atom is -0.449 e. The van der Waals surface area contributed by atoms with E-state index in [0.29, 0.717) is 18.6 Å². The van der Waals surface area contributed by atoms with E-state index < -0.39 is 0 Å². The van der Waals surface area contributed by atoms with E-state index in [1.54, 1.807) is 4.90 Å². The van der Waals surface area contributed by atoms with E-state index in [9.17, 15) is 4.79 Å². The molecule has 0 aliphatic carbocycles. The Hall–Kier alpha value is -1.91. The molecule has 1 aromatic rings. The number of carbonyl (C=O) groups excluding carboxylic acids is 1. The van der Waals surface area contributed by atoms with Gasteiger partial charge in [0.05, 0.1) is 18.0 Å². The Morgan fingerprint density at radius 1 is 1.41 bits per heavy atom. The zero-order chi connectivity index (χ0) is 16.1. The molecule has 0 radical (unpaired) electrons. The molecule has 122 valence electrons. The van der Waals surface area contributed by atoms with Gasteiger partial charge in [0.1, 0.15) is 0 Å². The maximum Gasteiger partial charge on any atom is 0.409 e. The Balaban J connectivity index is 1.82. The molecule has 3 N–H and O–H groups in total. The molecule has 1 aromatic carbocycles. The fraction of sp³-hybridized carbons (Fsp3) is 0.588. The van der Waals surface area contributed by atoms with Crippen molar-refractivity contribution in [2.24, 2.45) is 5.92 Å². The number of amides is 1. The Kier molecular flexibility index (Phi) is 5.52.